The molecule has 1 heterocycles. The van der Waals surface area contributed by atoms with E-state index in [1.807, 2.05) is 0 Å². The van der Waals surface area contributed by atoms with Crippen molar-refractivity contribution < 1.29 is 14.6 Å². The van der Waals surface area contributed by atoms with Gasteiger partial charge in [-0.2, -0.15) is 0 Å². The summed E-state index contributed by atoms with van der Waals surface area (Å²) in [4.78, 5) is 0. The monoisotopic (exact) mass is 402 g/mol. The maximum Gasteiger partial charge on any atom is 0.158 e. The van der Waals surface area contributed by atoms with Crippen LogP contribution in [0.25, 0.3) is 0 Å². The van der Waals surface area contributed by atoms with Crippen LogP contribution < -0.4 is 0 Å². The van der Waals surface area contributed by atoms with E-state index in [1.165, 1.54) is 38.5 Å². The molecule has 4 aliphatic carbocycles. The quantitative estimate of drug-likeness (QED) is 0.612. The molecule has 1 saturated heterocycles. The van der Waals surface area contributed by atoms with Gasteiger partial charge in [0.05, 0.1) is 18.8 Å². The van der Waals surface area contributed by atoms with E-state index in [0.29, 0.717) is 28.8 Å². The van der Waals surface area contributed by atoms with E-state index >= 15 is 0 Å². The molecule has 0 aromatic carbocycles. The maximum absolute atomic E-state index is 10.2. The van der Waals surface area contributed by atoms with Gasteiger partial charge in [0, 0.05) is 6.42 Å². The third kappa shape index (κ3) is 3.17. The third-order valence-corrected chi connectivity index (χ3v) is 10.3. The number of hydrogen-bond acceptors (Lipinski definition) is 3. The van der Waals surface area contributed by atoms with Gasteiger partial charge in [-0.1, -0.05) is 45.8 Å². The fraction of sp³-hybridized carbons (Fsp3) is 0.923. The Morgan fingerprint density at radius 3 is 2.79 bits per heavy atom. The minimum Gasteiger partial charge on any atom is -0.393 e. The molecule has 0 amide bonds. The van der Waals surface area contributed by atoms with Crippen molar-refractivity contribution in [3.8, 4) is 0 Å². The highest BCUT2D eigenvalue weighted by Crippen LogP contribution is 2.68. The van der Waals surface area contributed by atoms with Gasteiger partial charge in [0.2, 0.25) is 0 Å². The van der Waals surface area contributed by atoms with Crippen molar-refractivity contribution in [3.63, 3.8) is 0 Å². The molecule has 0 bridgehead atoms. The molecule has 5 rings (SSSR count). The van der Waals surface area contributed by atoms with Gasteiger partial charge in [0.25, 0.3) is 0 Å². The topological polar surface area (TPSA) is 38.7 Å². The van der Waals surface area contributed by atoms with Crippen LogP contribution in [0.2, 0.25) is 0 Å². The lowest BCUT2D eigenvalue weighted by Gasteiger charge is -2.58. The fourth-order valence-corrected chi connectivity index (χ4v) is 8.26. The molecule has 0 radical (unpaired) electrons. The van der Waals surface area contributed by atoms with Crippen molar-refractivity contribution in [2.75, 3.05) is 6.61 Å². The SMILES string of the molecule is CC[C@H](C)COC1CC2C(CC3C4CC=C5CC(O)CCC5(C)C4CCC23C)O1. The molecule has 1 aliphatic heterocycles. The van der Waals surface area contributed by atoms with Gasteiger partial charge in [-0.05, 0) is 85.4 Å². The Labute approximate surface area is 177 Å². The van der Waals surface area contributed by atoms with Gasteiger partial charge in [-0.3, -0.25) is 0 Å². The lowest BCUT2D eigenvalue weighted by molar-refractivity contribution is -0.144. The Hall–Kier alpha value is -0.380. The Bertz CT molecular complexity index is 658. The second-order valence-corrected chi connectivity index (χ2v) is 11.7. The molecule has 3 nitrogen and oxygen atoms in total. The summed E-state index contributed by atoms with van der Waals surface area (Å²) in [6.45, 7) is 10.5. The smallest absolute Gasteiger partial charge is 0.158 e. The van der Waals surface area contributed by atoms with E-state index < -0.39 is 0 Å². The van der Waals surface area contributed by atoms with Crippen molar-refractivity contribution in [1.29, 1.82) is 0 Å². The minimum atomic E-state index is -0.105. The molecule has 4 fully saturated rings. The van der Waals surface area contributed by atoms with Gasteiger partial charge >= 0.3 is 0 Å². The van der Waals surface area contributed by atoms with Crippen LogP contribution in [-0.4, -0.2) is 30.2 Å². The Balaban J connectivity index is 1.31. The van der Waals surface area contributed by atoms with E-state index in [9.17, 15) is 5.11 Å². The molecule has 164 valence electrons. The first kappa shape index (κ1) is 20.5. The normalized spacial score (nSPS) is 52.2. The average Bonchev–Trinajstić information content (AvgIpc) is 3.23. The summed E-state index contributed by atoms with van der Waals surface area (Å²) < 4.78 is 12.7. The summed E-state index contributed by atoms with van der Waals surface area (Å²) in [5, 5.41) is 10.2. The third-order valence-electron chi connectivity index (χ3n) is 10.3. The summed E-state index contributed by atoms with van der Waals surface area (Å²) in [7, 11) is 0. The number of allylic oxidation sites excluding steroid dienone is 1. The molecular formula is C26H42O3. The molecule has 5 aliphatic rings. The van der Waals surface area contributed by atoms with Crippen molar-refractivity contribution in [2.24, 2.45) is 40.4 Å². The van der Waals surface area contributed by atoms with Crippen LogP contribution in [0.15, 0.2) is 11.6 Å². The first-order chi connectivity index (χ1) is 13.8. The van der Waals surface area contributed by atoms with E-state index in [4.69, 9.17) is 9.47 Å². The lowest BCUT2D eigenvalue weighted by Crippen LogP contribution is -2.50. The molecule has 1 N–H and O–H groups in total. The molecule has 3 saturated carbocycles. The highest BCUT2D eigenvalue weighted by atomic mass is 16.7. The Morgan fingerprint density at radius 1 is 1.17 bits per heavy atom. The Morgan fingerprint density at radius 2 is 2.00 bits per heavy atom. The molecule has 0 aromatic rings. The molecule has 29 heavy (non-hydrogen) atoms. The van der Waals surface area contributed by atoms with Gasteiger partial charge in [0.1, 0.15) is 0 Å². The van der Waals surface area contributed by atoms with Crippen LogP contribution in [0.1, 0.15) is 85.5 Å². The standard InChI is InChI=1S/C26H42O3/c1-5-16(2)15-28-24-14-22-23(29-24)13-21-19-7-6-17-12-18(27)8-10-25(17,3)20(19)9-11-26(21,22)4/h6,16,18-24,27H,5,7-15H2,1-4H3/t16-,18?,19?,20?,21?,22?,23?,24?,25?,26?/m0/s1. The largest absolute Gasteiger partial charge is 0.393 e. The molecule has 9 unspecified atom stereocenters. The second-order valence-electron chi connectivity index (χ2n) is 11.7. The zero-order chi connectivity index (χ0) is 20.4. The first-order valence-electron chi connectivity index (χ1n) is 12.5. The minimum absolute atomic E-state index is 0.0321. The Kier molecular flexibility index (Phi) is 5.20. The molecule has 0 spiro atoms. The highest BCUT2D eigenvalue weighted by molar-refractivity contribution is 5.25. The summed E-state index contributed by atoms with van der Waals surface area (Å²) in [6.07, 6.45) is 13.5. The van der Waals surface area contributed by atoms with Gasteiger partial charge in [-0.25, -0.2) is 0 Å². The zero-order valence-electron chi connectivity index (χ0n) is 19.0. The number of hydrogen-bond donors (Lipinski definition) is 1. The van der Waals surface area contributed by atoms with E-state index in [2.05, 4.69) is 33.8 Å². The second kappa shape index (κ2) is 7.35. The van der Waals surface area contributed by atoms with Crippen molar-refractivity contribution in [3.05, 3.63) is 11.6 Å². The van der Waals surface area contributed by atoms with E-state index in [1.54, 1.807) is 5.57 Å². The molecule has 3 heteroatoms. The van der Waals surface area contributed by atoms with Crippen LogP contribution in [0.3, 0.4) is 0 Å². The number of aliphatic hydroxyl groups is 1. The van der Waals surface area contributed by atoms with Crippen LogP contribution in [0.4, 0.5) is 0 Å². The number of aliphatic hydroxyl groups excluding tert-OH is 1. The van der Waals surface area contributed by atoms with Gasteiger partial charge < -0.3 is 14.6 Å². The summed E-state index contributed by atoms with van der Waals surface area (Å²) >= 11 is 0. The highest BCUT2D eigenvalue weighted by Gasteiger charge is 2.63. The predicted molar refractivity (Wildman–Crippen MR) is 115 cm³/mol. The van der Waals surface area contributed by atoms with Gasteiger partial charge in [-0.15, -0.1) is 0 Å². The van der Waals surface area contributed by atoms with Gasteiger partial charge in [0.15, 0.2) is 6.29 Å². The van der Waals surface area contributed by atoms with Crippen LogP contribution in [-0.2, 0) is 9.47 Å². The lowest BCUT2D eigenvalue weighted by atomic mass is 9.47. The van der Waals surface area contributed by atoms with E-state index in [-0.39, 0.29) is 12.4 Å². The summed E-state index contributed by atoms with van der Waals surface area (Å²) in [6, 6.07) is 0. The number of fused-ring (bicyclic) bond motifs is 7. The predicted octanol–water partition coefficient (Wildman–Crippen LogP) is 5.71. The summed E-state index contributed by atoms with van der Waals surface area (Å²) in [5.41, 5.74) is 2.34. The maximum atomic E-state index is 10.2. The van der Waals surface area contributed by atoms with Crippen molar-refractivity contribution >= 4 is 0 Å². The fourth-order valence-electron chi connectivity index (χ4n) is 8.26. The average molecular weight is 403 g/mol. The van der Waals surface area contributed by atoms with Crippen molar-refractivity contribution in [1.82, 2.24) is 0 Å². The van der Waals surface area contributed by atoms with Crippen LogP contribution in [0.5, 0.6) is 0 Å². The first-order valence-corrected chi connectivity index (χ1v) is 12.5. The van der Waals surface area contributed by atoms with Crippen molar-refractivity contribution in [2.45, 2.75) is 104 Å². The molecule has 0 aromatic heterocycles. The van der Waals surface area contributed by atoms with Crippen LogP contribution in [0, 0.1) is 40.4 Å². The number of rotatable bonds is 4. The number of ether oxygens (including phenoxy) is 2. The zero-order valence-corrected chi connectivity index (χ0v) is 19.0. The molecular weight excluding hydrogens is 360 g/mol. The summed E-state index contributed by atoms with van der Waals surface area (Å²) in [5.74, 6) is 3.72. The van der Waals surface area contributed by atoms with Crippen LogP contribution >= 0.6 is 0 Å². The molecule has 10 atom stereocenters. The van der Waals surface area contributed by atoms with E-state index in [0.717, 1.165) is 43.6 Å².